The molecule has 1 amide bonds. The lowest BCUT2D eigenvalue weighted by Crippen LogP contribution is -2.45. The maximum atomic E-state index is 12.8. The summed E-state index contributed by atoms with van der Waals surface area (Å²) in [6.07, 6.45) is 43.8. The molecule has 0 heterocycles. The normalized spacial score (nSPS) is 14.6. The highest BCUT2D eigenvalue weighted by Crippen LogP contribution is 2.38. The molecule has 0 aromatic carbocycles. The third kappa shape index (κ3) is 39.2. The molecule has 1 unspecified atom stereocenters. The Balaban J connectivity index is 4.28. The number of hydrogen-bond donors (Lipinski definition) is 2. The summed E-state index contributed by atoms with van der Waals surface area (Å²) in [6, 6.07) is -0.897. The van der Waals surface area contributed by atoms with Crippen molar-refractivity contribution in [1.29, 1.82) is 0 Å². The van der Waals surface area contributed by atoms with Crippen LogP contribution in [0.15, 0.2) is 24.3 Å². The molecule has 3 atom stereocenters. The van der Waals surface area contributed by atoms with Gasteiger partial charge in [-0.25, -0.2) is 0 Å². The van der Waals surface area contributed by atoms with Gasteiger partial charge in [0.25, 0.3) is 7.82 Å². The van der Waals surface area contributed by atoms with E-state index in [2.05, 4.69) is 31.3 Å². The molecule has 0 aromatic heterocycles. The Morgan fingerprint density at radius 1 is 0.630 bits per heavy atom. The van der Waals surface area contributed by atoms with E-state index in [0.717, 1.165) is 38.5 Å². The predicted octanol–water partition coefficient (Wildman–Crippen LogP) is 11.9. The zero-order valence-corrected chi connectivity index (χ0v) is 37.1. The molecule has 0 fully saturated rings. The van der Waals surface area contributed by atoms with Gasteiger partial charge in [0.05, 0.1) is 39.9 Å². The first kappa shape index (κ1) is 53.0. The molecule has 0 saturated carbocycles. The molecule has 0 radical (unpaired) electrons. The molecule has 2 N–H and O–H groups in total. The van der Waals surface area contributed by atoms with Gasteiger partial charge in [0.15, 0.2) is 0 Å². The van der Waals surface area contributed by atoms with Crippen LogP contribution < -0.4 is 10.2 Å². The average Bonchev–Trinajstić information content (AvgIpc) is 3.12. The van der Waals surface area contributed by atoms with Crippen LogP contribution in [0.2, 0.25) is 0 Å². The highest BCUT2D eigenvalue weighted by atomic mass is 31.2. The van der Waals surface area contributed by atoms with Crippen molar-refractivity contribution in [1.82, 2.24) is 5.32 Å². The van der Waals surface area contributed by atoms with Crippen LogP contribution in [0.5, 0.6) is 0 Å². The molecule has 0 bridgehead atoms. The fourth-order valence-corrected chi connectivity index (χ4v) is 7.24. The zero-order chi connectivity index (χ0) is 40.0. The number of aliphatic hydroxyl groups is 1. The number of aliphatic hydroxyl groups excluding tert-OH is 1. The molecular formula is C45H89N2O6P. The standard InChI is InChI=1S/C45H89N2O6P/c1-6-8-10-12-14-16-18-19-20-21-22-23-24-25-26-27-29-31-33-35-37-39-45(49)46-43(42-53-54(50,51)52-41-40-47(3,4)5)44(48)38-36-34-32-30-28-17-15-13-11-9-7-2/h28,30,36,38,43-44,48H,6-27,29,31-35,37,39-42H2,1-5H3,(H-,46,49,50,51)/b30-28+,38-36+/t43-,44+/m0/s1. The summed E-state index contributed by atoms with van der Waals surface area (Å²) in [7, 11) is 1.25. The summed E-state index contributed by atoms with van der Waals surface area (Å²) in [5.74, 6) is -0.206. The molecule has 0 saturated heterocycles. The van der Waals surface area contributed by atoms with Crippen LogP contribution in [0.25, 0.3) is 0 Å². The second-order valence-electron chi connectivity index (χ2n) is 16.8. The second kappa shape index (κ2) is 37.6. The average molecular weight is 785 g/mol. The number of likely N-dealkylation sites (N-methyl/N-ethyl adjacent to an activating group) is 1. The van der Waals surface area contributed by atoms with E-state index in [1.54, 1.807) is 6.08 Å². The molecule has 0 aromatic rings. The third-order valence-corrected chi connectivity index (χ3v) is 11.1. The minimum absolute atomic E-state index is 0.00447. The molecule has 0 spiro atoms. The Bertz CT molecular complexity index is 938. The van der Waals surface area contributed by atoms with Crippen molar-refractivity contribution in [2.75, 3.05) is 40.9 Å². The SMILES string of the molecule is CCCCCCC/C=C/CC/C=C/[C@@H](O)[C@H](COP(=O)([O-])OCC[N+](C)(C)C)NC(=O)CCCCCCCCCCCCCCCCCCCCCCC. The van der Waals surface area contributed by atoms with Crippen LogP contribution >= 0.6 is 7.82 Å². The van der Waals surface area contributed by atoms with Crippen molar-refractivity contribution in [3.05, 3.63) is 24.3 Å². The Hall–Kier alpha value is -1.02. The van der Waals surface area contributed by atoms with Crippen LogP contribution in [0.1, 0.15) is 206 Å². The van der Waals surface area contributed by atoms with Gasteiger partial charge >= 0.3 is 0 Å². The number of quaternary nitrogens is 1. The number of carbonyl (C=O) groups excluding carboxylic acids is 1. The van der Waals surface area contributed by atoms with E-state index in [9.17, 15) is 19.4 Å². The van der Waals surface area contributed by atoms with Crippen LogP contribution in [-0.2, 0) is 18.4 Å². The molecule has 0 aliphatic heterocycles. The molecule has 0 rings (SSSR count). The van der Waals surface area contributed by atoms with Crippen molar-refractivity contribution in [3.63, 3.8) is 0 Å². The van der Waals surface area contributed by atoms with Gasteiger partial charge in [0.2, 0.25) is 5.91 Å². The van der Waals surface area contributed by atoms with Crippen LogP contribution in [-0.4, -0.2) is 68.5 Å². The summed E-state index contributed by atoms with van der Waals surface area (Å²) >= 11 is 0. The first-order chi connectivity index (χ1) is 26.0. The van der Waals surface area contributed by atoms with Crippen LogP contribution in [0.4, 0.5) is 0 Å². The minimum atomic E-state index is -4.59. The van der Waals surface area contributed by atoms with Crippen molar-refractivity contribution < 1.29 is 32.9 Å². The number of carbonyl (C=O) groups is 1. The van der Waals surface area contributed by atoms with Gasteiger partial charge in [0, 0.05) is 6.42 Å². The summed E-state index contributed by atoms with van der Waals surface area (Å²) in [5.41, 5.74) is 0. The Kier molecular flexibility index (Phi) is 36.8. The van der Waals surface area contributed by atoms with Crippen molar-refractivity contribution in [2.24, 2.45) is 0 Å². The highest BCUT2D eigenvalue weighted by molar-refractivity contribution is 7.45. The van der Waals surface area contributed by atoms with Gasteiger partial charge in [-0.1, -0.05) is 192 Å². The number of phosphoric acid groups is 1. The van der Waals surface area contributed by atoms with Gasteiger partial charge in [-0.2, -0.15) is 0 Å². The van der Waals surface area contributed by atoms with E-state index < -0.39 is 20.0 Å². The van der Waals surface area contributed by atoms with Crippen LogP contribution in [0.3, 0.4) is 0 Å². The van der Waals surface area contributed by atoms with Gasteiger partial charge in [-0.05, 0) is 32.1 Å². The minimum Gasteiger partial charge on any atom is -0.756 e. The second-order valence-corrected chi connectivity index (χ2v) is 18.2. The zero-order valence-electron chi connectivity index (χ0n) is 36.2. The number of phosphoric ester groups is 1. The maximum absolute atomic E-state index is 12.8. The topological polar surface area (TPSA) is 108 Å². The van der Waals surface area contributed by atoms with Gasteiger partial charge < -0.3 is 28.8 Å². The summed E-state index contributed by atoms with van der Waals surface area (Å²) in [5, 5.41) is 13.7. The van der Waals surface area contributed by atoms with Crippen LogP contribution in [0, 0.1) is 0 Å². The summed E-state index contributed by atoms with van der Waals surface area (Å²) in [6.45, 7) is 4.61. The fraction of sp³-hybridized carbons (Fsp3) is 0.889. The van der Waals surface area contributed by atoms with E-state index in [-0.39, 0.29) is 19.1 Å². The molecule has 9 heteroatoms. The number of unbranched alkanes of at least 4 members (excludes halogenated alkanes) is 26. The number of nitrogens with one attached hydrogen (secondary N) is 1. The summed E-state index contributed by atoms with van der Waals surface area (Å²) in [4.78, 5) is 25.3. The molecule has 0 aliphatic carbocycles. The van der Waals surface area contributed by atoms with Crippen molar-refractivity contribution in [3.8, 4) is 0 Å². The lowest BCUT2D eigenvalue weighted by atomic mass is 10.0. The van der Waals surface area contributed by atoms with E-state index in [0.29, 0.717) is 17.4 Å². The summed E-state index contributed by atoms with van der Waals surface area (Å²) < 4.78 is 23.1. The number of amides is 1. The van der Waals surface area contributed by atoms with Gasteiger partial charge in [-0.15, -0.1) is 0 Å². The smallest absolute Gasteiger partial charge is 0.268 e. The van der Waals surface area contributed by atoms with Gasteiger partial charge in [-0.3, -0.25) is 9.36 Å². The first-order valence-corrected chi connectivity index (χ1v) is 24.2. The molecular weight excluding hydrogens is 695 g/mol. The monoisotopic (exact) mass is 785 g/mol. The van der Waals surface area contributed by atoms with Crippen molar-refractivity contribution >= 4 is 13.7 Å². The lowest BCUT2D eigenvalue weighted by Gasteiger charge is -2.29. The molecule has 8 nitrogen and oxygen atoms in total. The molecule has 54 heavy (non-hydrogen) atoms. The fourth-order valence-electron chi connectivity index (χ4n) is 6.52. The number of hydrogen-bond acceptors (Lipinski definition) is 6. The maximum Gasteiger partial charge on any atom is 0.268 e. The molecule has 320 valence electrons. The largest absolute Gasteiger partial charge is 0.756 e. The molecule has 0 aliphatic rings. The number of nitrogens with zero attached hydrogens (tertiary/aromatic N) is 1. The quantitative estimate of drug-likeness (QED) is 0.0277. The third-order valence-electron chi connectivity index (χ3n) is 10.2. The van der Waals surface area contributed by atoms with E-state index >= 15 is 0 Å². The highest BCUT2D eigenvalue weighted by Gasteiger charge is 2.23. The van der Waals surface area contributed by atoms with Gasteiger partial charge in [0.1, 0.15) is 13.2 Å². The Morgan fingerprint density at radius 3 is 1.50 bits per heavy atom. The van der Waals surface area contributed by atoms with Crippen molar-refractivity contribution in [2.45, 2.75) is 219 Å². The first-order valence-electron chi connectivity index (χ1n) is 22.7. The Labute approximate surface area is 334 Å². The number of rotatable bonds is 41. The Morgan fingerprint density at radius 2 is 1.04 bits per heavy atom. The van der Waals surface area contributed by atoms with E-state index in [4.69, 9.17) is 9.05 Å². The predicted molar refractivity (Wildman–Crippen MR) is 228 cm³/mol. The van der Waals surface area contributed by atoms with E-state index in [1.165, 1.54) is 148 Å². The lowest BCUT2D eigenvalue weighted by molar-refractivity contribution is -0.870. The number of allylic oxidation sites excluding steroid dienone is 3. The van der Waals surface area contributed by atoms with E-state index in [1.807, 2.05) is 27.2 Å².